The average Bonchev–Trinajstić information content (AvgIpc) is 2.35. The fourth-order valence-corrected chi connectivity index (χ4v) is 2.07. The molecule has 0 fully saturated rings. The van der Waals surface area contributed by atoms with Gasteiger partial charge in [0.1, 0.15) is 12.4 Å². The van der Waals surface area contributed by atoms with Crippen molar-refractivity contribution in [2.24, 2.45) is 0 Å². The highest BCUT2D eigenvalue weighted by molar-refractivity contribution is 7.91. The number of nitrogens with one attached hydrogen (secondary N) is 1. The van der Waals surface area contributed by atoms with Gasteiger partial charge in [0, 0.05) is 12.6 Å². The first-order valence-corrected chi connectivity index (χ1v) is 7.37. The molecule has 19 heavy (non-hydrogen) atoms. The Morgan fingerprint density at radius 3 is 2.26 bits per heavy atom. The lowest BCUT2D eigenvalue weighted by molar-refractivity contribution is 0.234. The van der Waals surface area contributed by atoms with Gasteiger partial charge in [0.25, 0.3) is 0 Å². The monoisotopic (exact) mass is 293 g/mol. The van der Waals surface area contributed by atoms with Crippen LogP contribution in [-0.4, -0.2) is 33.4 Å². The third-order valence-electron chi connectivity index (χ3n) is 2.31. The maximum Gasteiger partial charge on any atom is 0.341 e. The molecule has 0 radical (unpaired) electrons. The highest BCUT2D eigenvalue weighted by Gasteiger charge is 2.26. The lowest BCUT2D eigenvalue weighted by Crippen LogP contribution is -2.27. The molecule has 0 aromatic heterocycles. The zero-order chi connectivity index (χ0) is 14.5. The Hall–Kier alpha value is -1.21. The van der Waals surface area contributed by atoms with E-state index in [2.05, 4.69) is 5.32 Å². The van der Waals surface area contributed by atoms with Gasteiger partial charge in [-0.2, -0.15) is 8.78 Å². The molecule has 4 nitrogen and oxygen atoms in total. The Morgan fingerprint density at radius 2 is 1.79 bits per heavy atom. The molecule has 0 amide bonds. The van der Waals surface area contributed by atoms with Crippen molar-refractivity contribution in [3.63, 3.8) is 0 Å². The molecule has 1 aromatic carbocycles. The third-order valence-corrected chi connectivity index (χ3v) is 3.71. The van der Waals surface area contributed by atoms with Gasteiger partial charge >= 0.3 is 5.76 Å². The third kappa shape index (κ3) is 4.76. The number of benzene rings is 1. The molecule has 7 heteroatoms. The van der Waals surface area contributed by atoms with Crippen LogP contribution in [0.2, 0.25) is 0 Å². The predicted molar refractivity (Wildman–Crippen MR) is 68.3 cm³/mol. The number of hydrogen-bond donors (Lipinski definition) is 1. The van der Waals surface area contributed by atoms with E-state index in [4.69, 9.17) is 4.74 Å². The second-order valence-corrected chi connectivity index (χ2v) is 6.15. The molecule has 0 spiro atoms. The summed E-state index contributed by atoms with van der Waals surface area (Å²) in [6, 6.07) is 5.32. The smallest absolute Gasteiger partial charge is 0.341 e. The van der Waals surface area contributed by atoms with E-state index in [1.54, 1.807) is 0 Å². The molecule has 0 saturated carbocycles. The minimum atomic E-state index is -4.53. The summed E-state index contributed by atoms with van der Waals surface area (Å²) in [6.07, 6.45) is 0. The topological polar surface area (TPSA) is 55.4 Å². The Labute approximate surface area is 111 Å². The number of alkyl halides is 2. The molecule has 108 valence electrons. The van der Waals surface area contributed by atoms with Crippen LogP contribution < -0.4 is 10.1 Å². The normalized spacial score (nSPS) is 12.1. The summed E-state index contributed by atoms with van der Waals surface area (Å²) in [6.45, 7) is 5.07. The van der Waals surface area contributed by atoms with E-state index in [9.17, 15) is 17.2 Å². The fraction of sp³-hybridized carbons (Fsp3) is 0.500. The van der Waals surface area contributed by atoms with Crippen LogP contribution >= 0.6 is 0 Å². The van der Waals surface area contributed by atoms with Gasteiger partial charge in [-0.3, -0.25) is 0 Å². The van der Waals surface area contributed by atoms with Crippen LogP contribution in [0.4, 0.5) is 8.78 Å². The second-order valence-electron chi connectivity index (χ2n) is 4.23. The molecule has 1 aromatic rings. The van der Waals surface area contributed by atoms with E-state index in [1.165, 1.54) is 12.1 Å². The average molecular weight is 293 g/mol. The Balaban J connectivity index is 2.58. The Kier molecular flexibility index (Phi) is 5.68. The highest BCUT2D eigenvalue weighted by atomic mass is 32.2. The number of hydrogen-bond acceptors (Lipinski definition) is 4. The van der Waals surface area contributed by atoms with Crippen molar-refractivity contribution in [1.82, 2.24) is 5.32 Å². The molecule has 0 saturated heterocycles. The first-order valence-electron chi connectivity index (χ1n) is 5.82. The maximum absolute atomic E-state index is 12.3. The molecule has 0 aliphatic heterocycles. The van der Waals surface area contributed by atoms with Crippen molar-refractivity contribution >= 4 is 9.84 Å². The van der Waals surface area contributed by atoms with Gasteiger partial charge in [-0.25, -0.2) is 8.42 Å². The minimum Gasteiger partial charge on any atom is -0.492 e. The van der Waals surface area contributed by atoms with Gasteiger partial charge in [-0.15, -0.1) is 0 Å². The van der Waals surface area contributed by atoms with Gasteiger partial charge in [0.05, 0.1) is 4.90 Å². The standard InChI is InChI=1S/C12H17F2NO3S/c1-9(2)15-7-8-18-10-3-5-11(6-4-10)19(16,17)12(13)14/h3-6,9,12,15H,7-8H2,1-2H3. The summed E-state index contributed by atoms with van der Waals surface area (Å²) >= 11 is 0. The van der Waals surface area contributed by atoms with Crippen molar-refractivity contribution < 1.29 is 21.9 Å². The summed E-state index contributed by atoms with van der Waals surface area (Å²) < 4.78 is 52.3. The predicted octanol–water partition coefficient (Wildman–Crippen LogP) is 2.06. The molecule has 0 atom stereocenters. The Bertz CT molecular complexity index is 486. The summed E-state index contributed by atoms with van der Waals surface area (Å²) in [7, 11) is -4.53. The van der Waals surface area contributed by atoms with Crippen LogP contribution in [-0.2, 0) is 9.84 Å². The lowest BCUT2D eigenvalue weighted by atomic mass is 10.3. The number of halogens is 2. The van der Waals surface area contributed by atoms with Crippen molar-refractivity contribution in [2.45, 2.75) is 30.5 Å². The van der Waals surface area contributed by atoms with E-state index in [0.29, 0.717) is 24.9 Å². The summed E-state index contributed by atoms with van der Waals surface area (Å²) in [5, 5.41) is 3.15. The van der Waals surface area contributed by atoms with Crippen LogP contribution in [0.3, 0.4) is 0 Å². The first kappa shape index (κ1) is 15.8. The maximum atomic E-state index is 12.3. The van der Waals surface area contributed by atoms with Crippen molar-refractivity contribution in [2.75, 3.05) is 13.2 Å². The molecular formula is C12H17F2NO3S. The van der Waals surface area contributed by atoms with Gasteiger partial charge in [-0.05, 0) is 24.3 Å². The van der Waals surface area contributed by atoms with Crippen molar-refractivity contribution in [3.05, 3.63) is 24.3 Å². The van der Waals surface area contributed by atoms with Crippen LogP contribution in [0, 0.1) is 0 Å². The van der Waals surface area contributed by atoms with Crippen LogP contribution in [0.15, 0.2) is 29.2 Å². The number of ether oxygens (including phenoxy) is 1. The molecular weight excluding hydrogens is 276 g/mol. The van der Waals surface area contributed by atoms with Gasteiger partial charge in [0.2, 0.25) is 9.84 Å². The molecule has 1 rings (SSSR count). The van der Waals surface area contributed by atoms with Crippen molar-refractivity contribution in [3.8, 4) is 5.75 Å². The van der Waals surface area contributed by atoms with Crippen LogP contribution in [0.25, 0.3) is 0 Å². The summed E-state index contributed by atoms with van der Waals surface area (Å²) in [5.41, 5.74) is 0. The zero-order valence-electron chi connectivity index (χ0n) is 10.8. The first-order chi connectivity index (χ1) is 8.84. The van der Waals surface area contributed by atoms with Crippen molar-refractivity contribution in [1.29, 1.82) is 0 Å². The van der Waals surface area contributed by atoms with E-state index < -0.39 is 20.5 Å². The highest BCUT2D eigenvalue weighted by Crippen LogP contribution is 2.21. The van der Waals surface area contributed by atoms with E-state index in [0.717, 1.165) is 12.1 Å². The Morgan fingerprint density at radius 1 is 1.21 bits per heavy atom. The number of rotatable bonds is 7. The van der Waals surface area contributed by atoms with Gasteiger partial charge in [-0.1, -0.05) is 13.8 Å². The molecule has 1 N–H and O–H groups in total. The fourth-order valence-electron chi connectivity index (χ4n) is 1.34. The summed E-state index contributed by atoms with van der Waals surface area (Å²) in [5.74, 6) is -2.96. The van der Waals surface area contributed by atoms with Gasteiger partial charge < -0.3 is 10.1 Å². The second kappa shape index (κ2) is 6.81. The van der Waals surface area contributed by atoms with Crippen LogP contribution in [0.1, 0.15) is 13.8 Å². The van der Waals surface area contributed by atoms with E-state index >= 15 is 0 Å². The number of sulfone groups is 1. The zero-order valence-corrected chi connectivity index (χ0v) is 11.6. The molecule has 0 unspecified atom stereocenters. The largest absolute Gasteiger partial charge is 0.492 e. The molecule has 0 aliphatic rings. The molecule has 0 bridgehead atoms. The van der Waals surface area contributed by atoms with E-state index in [1.807, 2.05) is 13.8 Å². The van der Waals surface area contributed by atoms with Crippen LogP contribution in [0.5, 0.6) is 5.75 Å². The SMILES string of the molecule is CC(C)NCCOc1ccc(S(=O)(=O)C(F)F)cc1. The molecule has 0 heterocycles. The summed E-state index contributed by atoms with van der Waals surface area (Å²) in [4.78, 5) is -0.407. The minimum absolute atomic E-state index is 0.349. The quantitative estimate of drug-likeness (QED) is 0.782. The molecule has 0 aliphatic carbocycles. The van der Waals surface area contributed by atoms with E-state index in [-0.39, 0.29) is 0 Å². The lowest BCUT2D eigenvalue weighted by Gasteiger charge is -2.10. The van der Waals surface area contributed by atoms with Gasteiger partial charge in [0.15, 0.2) is 0 Å².